The van der Waals surface area contributed by atoms with Crippen LogP contribution in [-0.2, 0) is 13.5 Å². The van der Waals surface area contributed by atoms with Crippen LogP contribution in [0.25, 0.3) is 0 Å². The highest BCUT2D eigenvalue weighted by molar-refractivity contribution is 4.98. The third kappa shape index (κ3) is 1.87. The summed E-state index contributed by atoms with van der Waals surface area (Å²) in [6, 6.07) is 2.05. The van der Waals surface area contributed by atoms with Crippen molar-refractivity contribution in [1.82, 2.24) is 9.78 Å². The van der Waals surface area contributed by atoms with Gasteiger partial charge in [-0.2, -0.15) is 5.10 Å². The number of aromatic nitrogens is 2. The van der Waals surface area contributed by atoms with Crippen molar-refractivity contribution in [3.63, 3.8) is 0 Å². The molecule has 0 saturated heterocycles. The molecule has 10 heavy (non-hydrogen) atoms. The highest BCUT2D eigenvalue weighted by Gasteiger charge is 1.93. The molecule has 0 amide bonds. The minimum Gasteiger partial charge on any atom is -0.276 e. The van der Waals surface area contributed by atoms with Crippen molar-refractivity contribution in [3.8, 4) is 0 Å². The Kier molecular flexibility index (Phi) is 2.49. The number of hydrogen-bond acceptors (Lipinski definition) is 1. The molecule has 55 valence electrons. The lowest BCUT2D eigenvalue weighted by Gasteiger charge is -1.90. The summed E-state index contributed by atoms with van der Waals surface area (Å²) in [5.74, 6) is 0. The molecule has 2 nitrogen and oxygen atoms in total. The quantitative estimate of drug-likeness (QED) is 0.618. The molecule has 0 aliphatic carbocycles. The third-order valence-electron chi connectivity index (χ3n) is 1.45. The van der Waals surface area contributed by atoms with Crippen LogP contribution in [0.3, 0.4) is 0 Å². The molecule has 0 atom stereocenters. The van der Waals surface area contributed by atoms with Crippen LogP contribution < -0.4 is 0 Å². The average molecular weight is 137 g/mol. The SMILES string of the molecule is [CH2]CCCc1ccn(C)n1. The monoisotopic (exact) mass is 137 g/mol. The van der Waals surface area contributed by atoms with Crippen LogP contribution >= 0.6 is 0 Å². The molecule has 1 rings (SSSR count). The predicted molar refractivity (Wildman–Crippen MR) is 41.5 cm³/mol. The Morgan fingerprint density at radius 2 is 2.50 bits per heavy atom. The minimum atomic E-state index is 0.997. The fourth-order valence-electron chi connectivity index (χ4n) is 0.903. The Labute approximate surface area is 61.9 Å². The number of rotatable bonds is 3. The van der Waals surface area contributed by atoms with E-state index in [0.717, 1.165) is 19.3 Å². The normalized spacial score (nSPS) is 10.2. The van der Waals surface area contributed by atoms with Crippen molar-refractivity contribution in [3.05, 3.63) is 24.9 Å². The number of hydrogen-bond donors (Lipinski definition) is 0. The molecular weight excluding hydrogens is 124 g/mol. The standard InChI is InChI=1S/C8H13N2/c1-3-4-5-8-6-7-10(2)9-8/h6-7H,1,3-5H2,2H3. The number of nitrogens with zero attached hydrogens (tertiary/aromatic N) is 2. The van der Waals surface area contributed by atoms with Crippen molar-refractivity contribution in [1.29, 1.82) is 0 Å². The molecular formula is C8H13N2. The van der Waals surface area contributed by atoms with E-state index in [1.54, 1.807) is 0 Å². The molecule has 0 aliphatic heterocycles. The van der Waals surface area contributed by atoms with E-state index < -0.39 is 0 Å². The molecule has 2 heteroatoms. The molecule has 0 saturated carbocycles. The van der Waals surface area contributed by atoms with Gasteiger partial charge in [-0.15, -0.1) is 0 Å². The van der Waals surface area contributed by atoms with Gasteiger partial charge in [0.2, 0.25) is 0 Å². The summed E-state index contributed by atoms with van der Waals surface area (Å²) in [7, 11) is 1.94. The van der Waals surface area contributed by atoms with E-state index in [0.29, 0.717) is 0 Å². The Morgan fingerprint density at radius 1 is 1.70 bits per heavy atom. The highest BCUT2D eigenvalue weighted by atomic mass is 15.2. The van der Waals surface area contributed by atoms with Gasteiger partial charge in [-0.05, 0) is 18.9 Å². The van der Waals surface area contributed by atoms with Gasteiger partial charge in [-0.1, -0.05) is 13.3 Å². The molecule has 1 heterocycles. The van der Waals surface area contributed by atoms with Crippen molar-refractivity contribution in [2.24, 2.45) is 7.05 Å². The summed E-state index contributed by atoms with van der Waals surface area (Å²) in [5.41, 5.74) is 1.17. The lowest BCUT2D eigenvalue weighted by Crippen LogP contribution is -1.90. The summed E-state index contributed by atoms with van der Waals surface area (Å²) in [6.45, 7) is 3.77. The molecule has 0 aromatic carbocycles. The Morgan fingerprint density at radius 3 is 3.00 bits per heavy atom. The summed E-state index contributed by atoms with van der Waals surface area (Å²) in [5, 5.41) is 4.24. The van der Waals surface area contributed by atoms with Gasteiger partial charge < -0.3 is 0 Å². The maximum Gasteiger partial charge on any atom is 0.0624 e. The lowest BCUT2D eigenvalue weighted by atomic mass is 10.2. The molecule has 0 spiro atoms. The second-order valence-electron chi connectivity index (χ2n) is 2.44. The summed E-state index contributed by atoms with van der Waals surface area (Å²) >= 11 is 0. The third-order valence-corrected chi connectivity index (χ3v) is 1.45. The molecule has 0 unspecified atom stereocenters. The van der Waals surface area contributed by atoms with Crippen LogP contribution in [0.5, 0.6) is 0 Å². The van der Waals surface area contributed by atoms with Crippen LogP contribution in [-0.4, -0.2) is 9.78 Å². The molecule has 0 fully saturated rings. The largest absolute Gasteiger partial charge is 0.276 e. The Hall–Kier alpha value is -0.790. The van der Waals surface area contributed by atoms with Crippen LogP contribution in [0, 0.1) is 6.92 Å². The average Bonchev–Trinajstić information content (AvgIpc) is 2.31. The first-order chi connectivity index (χ1) is 4.83. The zero-order valence-electron chi connectivity index (χ0n) is 6.38. The zero-order chi connectivity index (χ0) is 7.40. The van der Waals surface area contributed by atoms with Gasteiger partial charge >= 0.3 is 0 Å². The van der Waals surface area contributed by atoms with E-state index in [-0.39, 0.29) is 0 Å². The van der Waals surface area contributed by atoms with Crippen LogP contribution in [0.4, 0.5) is 0 Å². The minimum absolute atomic E-state index is 0.997. The van der Waals surface area contributed by atoms with Gasteiger partial charge in [0.1, 0.15) is 0 Å². The van der Waals surface area contributed by atoms with E-state index in [2.05, 4.69) is 18.1 Å². The molecule has 1 aromatic heterocycles. The Balaban J connectivity index is 2.42. The van der Waals surface area contributed by atoms with E-state index in [1.807, 2.05) is 17.9 Å². The fraction of sp³-hybridized carbons (Fsp3) is 0.500. The van der Waals surface area contributed by atoms with Crippen LogP contribution in [0.2, 0.25) is 0 Å². The van der Waals surface area contributed by atoms with E-state index in [9.17, 15) is 0 Å². The van der Waals surface area contributed by atoms with E-state index >= 15 is 0 Å². The molecule has 1 aromatic rings. The maximum absolute atomic E-state index is 4.24. The summed E-state index contributed by atoms with van der Waals surface area (Å²) in [6.07, 6.45) is 5.16. The van der Waals surface area contributed by atoms with Crippen molar-refractivity contribution in [2.75, 3.05) is 0 Å². The van der Waals surface area contributed by atoms with Gasteiger partial charge in [0.05, 0.1) is 5.69 Å². The number of aryl methyl sites for hydroxylation is 2. The first kappa shape index (κ1) is 7.32. The van der Waals surface area contributed by atoms with Gasteiger partial charge in [-0.3, -0.25) is 4.68 Å². The summed E-state index contributed by atoms with van der Waals surface area (Å²) in [4.78, 5) is 0. The number of unbranched alkanes of at least 4 members (excludes halogenated alkanes) is 1. The smallest absolute Gasteiger partial charge is 0.0624 e. The maximum atomic E-state index is 4.24. The van der Waals surface area contributed by atoms with Crippen LogP contribution in [0.15, 0.2) is 12.3 Å². The summed E-state index contributed by atoms with van der Waals surface area (Å²) < 4.78 is 1.83. The van der Waals surface area contributed by atoms with Gasteiger partial charge in [0, 0.05) is 13.2 Å². The van der Waals surface area contributed by atoms with Gasteiger partial charge in [0.25, 0.3) is 0 Å². The second kappa shape index (κ2) is 3.40. The zero-order valence-corrected chi connectivity index (χ0v) is 6.38. The highest BCUT2D eigenvalue weighted by Crippen LogP contribution is 1.99. The molecule has 0 bridgehead atoms. The van der Waals surface area contributed by atoms with Crippen LogP contribution in [0.1, 0.15) is 18.5 Å². The lowest BCUT2D eigenvalue weighted by molar-refractivity contribution is 0.723. The van der Waals surface area contributed by atoms with Crippen molar-refractivity contribution in [2.45, 2.75) is 19.3 Å². The van der Waals surface area contributed by atoms with E-state index in [4.69, 9.17) is 0 Å². The van der Waals surface area contributed by atoms with Crippen molar-refractivity contribution < 1.29 is 0 Å². The topological polar surface area (TPSA) is 17.8 Å². The Bertz CT molecular complexity index is 191. The second-order valence-corrected chi connectivity index (χ2v) is 2.44. The molecule has 0 N–H and O–H groups in total. The molecule has 1 radical (unpaired) electrons. The first-order valence-corrected chi connectivity index (χ1v) is 3.60. The van der Waals surface area contributed by atoms with Gasteiger partial charge in [-0.25, -0.2) is 0 Å². The fourth-order valence-corrected chi connectivity index (χ4v) is 0.903. The first-order valence-electron chi connectivity index (χ1n) is 3.60. The van der Waals surface area contributed by atoms with Crippen molar-refractivity contribution >= 4 is 0 Å². The van der Waals surface area contributed by atoms with E-state index in [1.165, 1.54) is 5.69 Å². The predicted octanol–water partition coefficient (Wildman–Crippen LogP) is 1.58. The molecule has 0 aliphatic rings. The van der Waals surface area contributed by atoms with Gasteiger partial charge in [0.15, 0.2) is 0 Å².